The largest absolute Gasteiger partial charge is 0.484 e. The molecule has 21 heavy (non-hydrogen) atoms. The molecule has 0 saturated carbocycles. The molecule has 0 bridgehead atoms. The van der Waals surface area contributed by atoms with Crippen LogP contribution in [-0.4, -0.2) is 15.9 Å². The molecule has 0 amide bonds. The first-order chi connectivity index (χ1) is 10.1. The average Bonchev–Trinajstić information content (AvgIpc) is 2.95. The van der Waals surface area contributed by atoms with Crippen molar-refractivity contribution in [3.8, 4) is 5.75 Å². The second-order valence-corrected chi connectivity index (χ2v) is 5.59. The maximum atomic E-state index is 11.9. The van der Waals surface area contributed by atoms with E-state index in [9.17, 15) is 4.79 Å². The summed E-state index contributed by atoms with van der Waals surface area (Å²) in [5.74, 6) is 2.20. The number of nitrogens with zero attached hydrogens (tertiary/aromatic N) is 2. The maximum absolute atomic E-state index is 11.9. The van der Waals surface area contributed by atoms with Crippen molar-refractivity contribution in [1.82, 2.24) is 10.1 Å². The highest BCUT2D eigenvalue weighted by atomic mass is 16.5. The molecule has 0 aliphatic heterocycles. The van der Waals surface area contributed by atoms with Gasteiger partial charge in [-0.2, -0.15) is 4.98 Å². The van der Waals surface area contributed by atoms with Crippen molar-refractivity contribution in [2.75, 3.05) is 0 Å². The van der Waals surface area contributed by atoms with Gasteiger partial charge < -0.3 is 9.26 Å². The SMILES string of the molecule is CC(C)c1noc(COc2ccc3c(c2)C(=O)CCC3)n1. The minimum Gasteiger partial charge on any atom is -0.484 e. The second-order valence-electron chi connectivity index (χ2n) is 5.59. The maximum Gasteiger partial charge on any atom is 0.264 e. The van der Waals surface area contributed by atoms with Gasteiger partial charge in [-0.3, -0.25) is 4.79 Å². The van der Waals surface area contributed by atoms with Gasteiger partial charge in [-0.15, -0.1) is 0 Å². The van der Waals surface area contributed by atoms with E-state index in [-0.39, 0.29) is 18.3 Å². The fourth-order valence-electron chi connectivity index (χ4n) is 2.40. The van der Waals surface area contributed by atoms with Gasteiger partial charge in [-0.25, -0.2) is 0 Å². The Morgan fingerprint density at radius 2 is 2.19 bits per heavy atom. The van der Waals surface area contributed by atoms with E-state index < -0.39 is 0 Å². The van der Waals surface area contributed by atoms with Gasteiger partial charge in [0, 0.05) is 17.9 Å². The summed E-state index contributed by atoms with van der Waals surface area (Å²) in [5, 5.41) is 3.89. The minimum absolute atomic E-state index is 0.196. The van der Waals surface area contributed by atoms with Crippen LogP contribution in [-0.2, 0) is 13.0 Å². The third-order valence-corrected chi connectivity index (χ3v) is 3.59. The van der Waals surface area contributed by atoms with Crippen molar-refractivity contribution < 1.29 is 14.1 Å². The van der Waals surface area contributed by atoms with Gasteiger partial charge in [0.25, 0.3) is 5.89 Å². The molecule has 110 valence electrons. The zero-order chi connectivity index (χ0) is 14.8. The number of rotatable bonds is 4. The van der Waals surface area contributed by atoms with E-state index >= 15 is 0 Å². The lowest BCUT2D eigenvalue weighted by Crippen LogP contribution is -2.10. The first kappa shape index (κ1) is 13.8. The number of ether oxygens (including phenoxy) is 1. The summed E-state index contributed by atoms with van der Waals surface area (Å²) in [6.07, 6.45) is 2.52. The number of fused-ring (bicyclic) bond motifs is 1. The zero-order valence-electron chi connectivity index (χ0n) is 12.3. The van der Waals surface area contributed by atoms with E-state index in [2.05, 4.69) is 10.1 Å². The van der Waals surface area contributed by atoms with E-state index in [4.69, 9.17) is 9.26 Å². The van der Waals surface area contributed by atoms with Gasteiger partial charge in [0.05, 0.1) is 0 Å². The smallest absolute Gasteiger partial charge is 0.264 e. The van der Waals surface area contributed by atoms with Crippen LogP contribution in [0.25, 0.3) is 0 Å². The highest BCUT2D eigenvalue weighted by Gasteiger charge is 2.18. The predicted molar refractivity (Wildman–Crippen MR) is 76.4 cm³/mol. The topological polar surface area (TPSA) is 65.2 Å². The lowest BCUT2D eigenvalue weighted by molar-refractivity contribution is 0.0972. The van der Waals surface area contributed by atoms with Gasteiger partial charge in [-0.1, -0.05) is 25.1 Å². The number of hydrogen-bond acceptors (Lipinski definition) is 5. The Bertz CT molecular complexity index is 661. The summed E-state index contributed by atoms with van der Waals surface area (Å²) in [6, 6.07) is 5.67. The molecule has 5 heteroatoms. The van der Waals surface area contributed by atoms with Crippen LogP contribution >= 0.6 is 0 Å². The van der Waals surface area contributed by atoms with Crippen LogP contribution in [0, 0.1) is 0 Å². The van der Waals surface area contributed by atoms with Crippen molar-refractivity contribution >= 4 is 5.78 Å². The normalized spacial score (nSPS) is 14.3. The van der Waals surface area contributed by atoms with Crippen LogP contribution in [0.15, 0.2) is 22.7 Å². The molecular weight excluding hydrogens is 268 g/mol. The summed E-state index contributed by atoms with van der Waals surface area (Å²) in [5.41, 5.74) is 1.89. The van der Waals surface area contributed by atoms with E-state index in [1.54, 1.807) is 0 Å². The van der Waals surface area contributed by atoms with Crippen molar-refractivity contribution in [1.29, 1.82) is 0 Å². The number of carbonyl (C=O) groups is 1. The van der Waals surface area contributed by atoms with Crippen molar-refractivity contribution in [2.24, 2.45) is 0 Å². The summed E-state index contributed by atoms with van der Waals surface area (Å²) in [7, 11) is 0. The predicted octanol–water partition coefficient (Wildman–Crippen LogP) is 3.29. The van der Waals surface area contributed by atoms with Gasteiger partial charge >= 0.3 is 0 Å². The van der Waals surface area contributed by atoms with Crippen molar-refractivity contribution in [3.05, 3.63) is 41.0 Å². The number of benzene rings is 1. The number of carbonyl (C=O) groups excluding carboxylic acids is 1. The van der Waals surface area contributed by atoms with Crippen LogP contribution in [0.2, 0.25) is 0 Å². The van der Waals surface area contributed by atoms with Crippen LogP contribution in [0.4, 0.5) is 0 Å². The highest BCUT2D eigenvalue weighted by molar-refractivity contribution is 5.98. The Balaban J connectivity index is 1.70. The number of aryl methyl sites for hydroxylation is 1. The molecule has 0 radical (unpaired) electrons. The molecule has 0 spiro atoms. The third kappa shape index (κ3) is 2.96. The van der Waals surface area contributed by atoms with Gasteiger partial charge in [0.15, 0.2) is 18.2 Å². The first-order valence-electron chi connectivity index (χ1n) is 7.25. The third-order valence-electron chi connectivity index (χ3n) is 3.59. The average molecular weight is 286 g/mol. The molecule has 2 aromatic rings. The number of hydrogen-bond donors (Lipinski definition) is 0. The monoisotopic (exact) mass is 286 g/mol. The molecule has 1 aliphatic rings. The zero-order valence-corrected chi connectivity index (χ0v) is 12.3. The Morgan fingerprint density at radius 1 is 1.33 bits per heavy atom. The van der Waals surface area contributed by atoms with E-state index in [1.807, 2.05) is 32.0 Å². The molecule has 1 aromatic heterocycles. The summed E-state index contributed by atoms with van der Waals surface area (Å²) >= 11 is 0. The molecule has 0 fully saturated rings. The van der Waals surface area contributed by atoms with Crippen molar-refractivity contribution in [2.45, 2.75) is 45.6 Å². The molecule has 0 N–H and O–H groups in total. The van der Waals surface area contributed by atoms with Crippen LogP contribution in [0.5, 0.6) is 5.75 Å². The summed E-state index contributed by atoms with van der Waals surface area (Å²) < 4.78 is 10.8. The van der Waals surface area contributed by atoms with Crippen molar-refractivity contribution in [3.63, 3.8) is 0 Å². The Kier molecular flexibility index (Phi) is 3.73. The minimum atomic E-state index is 0.196. The molecular formula is C16H18N2O3. The highest BCUT2D eigenvalue weighted by Crippen LogP contribution is 2.25. The Morgan fingerprint density at radius 3 is 2.95 bits per heavy atom. The Hall–Kier alpha value is -2.17. The van der Waals surface area contributed by atoms with Crippen LogP contribution in [0.3, 0.4) is 0 Å². The summed E-state index contributed by atoms with van der Waals surface area (Å²) in [4.78, 5) is 16.2. The van der Waals surface area contributed by atoms with Gasteiger partial charge in [0.2, 0.25) is 0 Å². The molecule has 1 aromatic carbocycles. The van der Waals surface area contributed by atoms with Crippen LogP contribution in [0.1, 0.15) is 60.2 Å². The molecule has 0 saturated heterocycles. The van der Waals surface area contributed by atoms with Gasteiger partial charge in [0.1, 0.15) is 5.75 Å². The molecule has 5 nitrogen and oxygen atoms in total. The van der Waals surface area contributed by atoms with E-state index in [0.717, 1.165) is 24.0 Å². The quantitative estimate of drug-likeness (QED) is 0.862. The molecule has 1 heterocycles. The number of Topliss-reactive ketones (excluding diaryl/α,β-unsaturated/α-hetero) is 1. The lowest BCUT2D eigenvalue weighted by atomic mass is 9.90. The van der Waals surface area contributed by atoms with E-state index in [0.29, 0.717) is 23.9 Å². The molecule has 0 unspecified atom stereocenters. The van der Waals surface area contributed by atoms with Gasteiger partial charge in [-0.05, 0) is 30.5 Å². The van der Waals surface area contributed by atoms with E-state index in [1.165, 1.54) is 0 Å². The molecule has 0 atom stereocenters. The fraction of sp³-hybridized carbons (Fsp3) is 0.438. The Labute approximate surface area is 123 Å². The fourth-order valence-corrected chi connectivity index (χ4v) is 2.40. The standard InChI is InChI=1S/C16H18N2O3/c1-10(2)16-17-15(21-18-16)9-20-12-7-6-11-4-3-5-14(19)13(11)8-12/h6-8,10H,3-5,9H2,1-2H3. The number of aromatic nitrogens is 2. The first-order valence-corrected chi connectivity index (χ1v) is 7.25. The van der Waals surface area contributed by atoms with Crippen LogP contribution < -0.4 is 4.74 Å². The molecule has 1 aliphatic carbocycles. The summed E-state index contributed by atoms with van der Waals surface area (Å²) in [6.45, 7) is 4.22. The second kappa shape index (κ2) is 5.68. The number of ketones is 1. The molecule has 3 rings (SSSR count). The lowest BCUT2D eigenvalue weighted by Gasteiger charge is -2.15.